The van der Waals surface area contributed by atoms with Crippen LogP contribution in [0, 0.1) is 5.41 Å². The summed E-state index contributed by atoms with van der Waals surface area (Å²) in [6.07, 6.45) is 1.06. The van der Waals surface area contributed by atoms with E-state index in [-0.39, 0.29) is 12.4 Å². The molecule has 4 N–H and O–H groups in total. The molecule has 0 spiro atoms. The van der Waals surface area contributed by atoms with Crippen molar-refractivity contribution in [1.82, 2.24) is 4.90 Å². The van der Waals surface area contributed by atoms with E-state index >= 15 is 0 Å². The minimum atomic E-state index is 0.0936. The molecular formula is C13H21N3O. The van der Waals surface area contributed by atoms with Crippen molar-refractivity contribution in [2.45, 2.75) is 19.9 Å². The van der Waals surface area contributed by atoms with Crippen LogP contribution in [0.3, 0.4) is 0 Å². The second-order valence-corrected chi connectivity index (χ2v) is 4.11. The molecule has 1 aromatic carbocycles. The summed E-state index contributed by atoms with van der Waals surface area (Å²) in [7, 11) is 0. The molecule has 0 aliphatic carbocycles. The second-order valence-electron chi connectivity index (χ2n) is 4.11. The van der Waals surface area contributed by atoms with E-state index in [2.05, 4.69) is 11.8 Å². The van der Waals surface area contributed by atoms with Gasteiger partial charge in [-0.05, 0) is 24.6 Å². The summed E-state index contributed by atoms with van der Waals surface area (Å²) in [4.78, 5) is 2.19. The van der Waals surface area contributed by atoms with Crippen molar-refractivity contribution in [3.8, 4) is 0 Å². The van der Waals surface area contributed by atoms with Crippen molar-refractivity contribution < 1.29 is 5.11 Å². The zero-order valence-electron chi connectivity index (χ0n) is 10.3. The molecule has 0 radical (unpaired) electrons. The SMILES string of the molecule is CCCN(CCO)Cc1cccc(C(=N)N)c1. The van der Waals surface area contributed by atoms with E-state index in [1.807, 2.05) is 24.3 Å². The Morgan fingerprint density at radius 1 is 1.41 bits per heavy atom. The van der Waals surface area contributed by atoms with Crippen molar-refractivity contribution >= 4 is 5.84 Å². The number of nitrogens with one attached hydrogen (secondary N) is 1. The first-order valence-corrected chi connectivity index (χ1v) is 5.94. The smallest absolute Gasteiger partial charge is 0.122 e. The van der Waals surface area contributed by atoms with Crippen LogP contribution in [0.4, 0.5) is 0 Å². The van der Waals surface area contributed by atoms with Gasteiger partial charge in [-0.1, -0.05) is 25.1 Å². The molecule has 0 fully saturated rings. The molecule has 4 nitrogen and oxygen atoms in total. The third-order valence-electron chi connectivity index (χ3n) is 2.60. The fraction of sp³-hybridized carbons (Fsp3) is 0.462. The average Bonchev–Trinajstić information content (AvgIpc) is 2.30. The molecule has 1 rings (SSSR count). The Bertz CT molecular complexity index is 359. The molecule has 0 aliphatic rings. The Morgan fingerprint density at radius 3 is 2.76 bits per heavy atom. The predicted molar refractivity (Wildman–Crippen MR) is 70.1 cm³/mol. The molecule has 0 aromatic heterocycles. The van der Waals surface area contributed by atoms with E-state index in [4.69, 9.17) is 16.2 Å². The number of aliphatic hydroxyl groups is 1. The number of hydrogen-bond donors (Lipinski definition) is 3. The van der Waals surface area contributed by atoms with Crippen LogP contribution in [-0.2, 0) is 6.54 Å². The molecule has 0 heterocycles. The van der Waals surface area contributed by atoms with Crippen molar-refractivity contribution in [2.24, 2.45) is 5.73 Å². The van der Waals surface area contributed by atoms with Gasteiger partial charge >= 0.3 is 0 Å². The summed E-state index contributed by atoms with van der Waals surface area (Å²) in [5, 5.41) is 16.4. The maximum atomic E-state index is 8.99. The largest absolute Gasteiger partial charge is 0.395 e. The van der Waals surface area contributed by atoms with E-state index in [0.29, 0.717) is 6.54 Å². The van der Waals surface area contributed by atoms with E-state index in [9.17, 15) is 0 Å². The first-order valence-electron chi connectivity index (χ1n) is 5.94. The Kier molecular flexibility index (Phi) is 5.66. The molecule has 0 saturated carbocycles. The number of nitrogen functional groups attached to an aromatic ring is 1. The van der Waals surface area contributed by atoms with Crippen LogP contribution in [0.25, 0.3) is 0 Å². The number of rotatable bonds is 7. The van der Waals surface area contributed by atoms with Gasteiger partial charge in [0, 0.05) is 18.7 Å². The van der Waals surface area contributed by atoms with Gasteiger partial charge in [0.05, 0.1) is 6.61 Å². The molecule has 0 amide bonds. The minimum Gasteiger partial charge on any atom is -0.395 e. The first kappa shape index (κ1) is 13.7. The molecule has 0 unspecified atom stereocenters. The Balaban J connectivity index is 2.71. The molecule has 0 atom stereocenters. The van der Waals surface area contributed by atoms with Crippen LogP contribution >= 0.6 is 0 Å². The highest BCUT2D eigenvalue weighted by Crippen LogP contribution is 2.08. The van der Waals surface area contributed by atoms with Gasteiger partial charge in [-0.3, -0.25) is 10.3 Å². The monoisotopic (exact) mass is 235 g/mol. The summed E-state index contributed by atoms with van der Waals surface area (Å²) in [6.45, 7) is 4.72. The zero-order chi connectivity index (χ0) is 12.7. The third kappa shape index (κ3) is 4.54. The normalized spacial score (nSPS) is 10.8. The Labute approximate surface area is 103 Å². The molecule has 1 aromatic rings. The maximum absolute atomic E-state index is 8.99. The molecule has 17 heavy (non-hydrogen) atoms. The second kappa shape index (κ2) is 7.04. The number of benzene rings is 1. The van der Waals surface area contributed by atoms with Crippen LogP contribution in [0.1, 0.15) is 24.5 Å². The molecule has 0 aliphatic heterocycles. The average molecular weight is 235 g/mol. The lowest BCUT2D eigenvalue weighted by atomic mass is 10.1. The van der Waals surface area contributed by atoms with Crippen LogP contribution < -0.4 is 5.73 Å². The summed E-state index contributed by atoms with van der Waals surface area (Å²) in [5.74, 6) is 0.0936. The predicted octanol–water partition coefficient (Wildman–Crippen LogP) is 1.17. The molecule has 4 heteroatoms. The van der Waals surface area contributed by atoms with Gasteiger partial charge in [0.15, 0.2) is 0 Å². The zero-order valence-corrected chi connectivity index (χ0v) is 10.3. The fourth-order valence-corrected chi connectivity index (χ4v) is 1.82. The minimum absolute atomic E-state index is 0.0936. The van der Waals surface area contributed by atoms with Crippen molar-refractivity contribution in [2.75, 3.05) is 19.7 Å². The van der Waals surface area contributed by atoms with E-state index in [0.717, 1.165) is 30.6 Å². The summed E-state index contributed by atoms with van der Waals surface area (Å²) in [6, 6.07) is 7.70. The van der Waals surface area contributed by atoms with Crippen LogP contribution in [0.15, 0.2) is 24.3 Å². The number of aliphatic hydroxyl groups excluding tert-OH is 1. The topological polar surface area (TPSA) is 73.3 Å². The number of nitrogens with two attached hydrogens (primary N) is 1. The Hall–Kier alpha value is -1.39. The lowest BCUT2D eigenvalue weighted by Crippen LogP contribution is -2.27. The quantitative estimate of drug-likeness (QED) is 0.491. The molecule has 0 saturated heterocycles. The van der Waals surface area contributed by atoms with E-state index in [1.54, 1.807) is 0 Å². The van der Waals surface area contributed by atoms with Crippen molar-refractivity contribution in [3.63, 3.8) is 0 Å². The van der Waals surface area contributed by atoms with Gasteiger partial charge in [0.1, 0.15) is 5.84 Å². The molecule has 94 valence electrons. The van der Waals surface area contributed by atoms with Crippen molar-refractivity contribution in [3.05, 3.63) is 35.4 Å². The Morgan fingerprint density at radius 2 is 2.18 bits per heavy atom. The van der Waals surface area contributed by atoms with E-state index < -0.39 is 0 Å². The van der Waals surface area contributed by atoms with Crippen molar-refractivity contribution in [1.29, 1.82) is 5.41 Å². The summed E-state index contributed by atoms with van der Waals surface area (Å²) >= 11 is 0. The number of hydrogen-bond acceptors (Lipinski definition) is 3. The fourth-order valence-electron chi connectivity index (χ4n) is 1.82. The highest BCUT2D eigenvalue weighted by molar-refractivity contribution is 5.95. The summed E-state index contributed by atoms with van der Waals surface area (Å²) < 4.78 is 0. The van der Waals surface area contributed by atoms with Gasteiger partial charge in [0.25, 0.3) is 0 Å². The highest BCUT2D eigenvalue weighted by atomic mass is 16.3. The standard InChI is InChI=1S/C13H21N3O/c1-2-6-16(7-8-17)10-11-4-3-5-12(9-11)13(14)15/h3-5,9,17H,2,6-8,10H2,1H3,(H3,14,15). The molecule has 0 bridgehead atoms. The highest BCUT2D eigenvalue weighted by Gasteiger charge is 2.05. The van der Waals surface area contributed by atoms with Crippen LogP contribution in [-0.4, -0.2) is 35.5 Å². The van der Waals surface area contributed by atoms with Crippen LogP contribution in [0.5, 0.6) is 0 Å². The lowest BCUT2D eigenvalue weighted by Gasteiger charge is -2.20. The summed E-state index contributed by atoms with van der Waals surface area (Å²) in [5.41, 5.74) is 7.34. The maximum Gasteiger partial charge on any atom is 0.122 e. The van der Waals surface area contributed by atoms with E-state index in [1.165, 1.54) is 0 Å². The van der Waals surface area contributed by atoms with Gasteiger partial charge in [-0.25, -0.2) is 0 Å². The third-order valence-corrected chi connectivity index (χ3v) is 2.60. The van der Waals surface area contributed by atoms with Gasteiger partial charge in [-0.15, -0.1) is 0 Å². The first-order chi connectivity index (χ1) is 8.17. The molecular weight excluding hydrogens is 214 g/mol. The van der Waals surface area contributed by atoms with Crippen LogP contribution in [0.2, 0.25) is 0 Å². The number of amidine groups is 1. The van der Waals surface area contributed by atoms with Gasteiger partial charge < -0.3 is 10.8 Å². The van der Waals surface area contributed by atoms with Gasteiger partial charge in [0.2, 0.25) is 0 Å². The van der Waals surface area contributed by atoms with Gasteiger partial charge in [-0.2, -0.15) is 0 Å². The lowest BCUT2D eigenvalue weighted by molar-refractivity contribution is 0.190. The number of nitrogens with zero attached hydrogens (tertiary/aromatic N) is 1.